The highest BCUT2D eigenvalue weighted by Gasteiger charge is 2.42. The summed E-state index contributed by atoms with van der Waals surface area (Å²) in [6, 6.07) is 83.0. The van der Waals surface area contributed by atoms with Crippen LogP contribution in [0.3, 0.4) is 0 Å². The average Bonchev–Trinajstić information content (AvgIpc) is 4.13. The van der Waals surface area contributed by atoms with Crippen LogP contribution in [0.5, 0.6) is 0 Å². The van der Waals surface area contributed by atoms with E-state index < -0.39 is 11.1 Å². The van der Waals surface area contributed by atoms with Gasteiger partial charge in [0.25, 0.3) is 0 Å². The number of rotatable bonds is 15. The second-order valence-corrected chi connectivity index (χ2v) is 19.5. The minimum atomic E-state index is -0.961. The van der Waals surface area contributed by atoms with Gasteiger partial charge in [0.15, 0.2) is 5.65 Å². The summed E-state index contributed by atoms with van der Waals surface area (Å²) in [5, 5.41) is 23.8. The molecule has 8 aromatic carbocycles. The van der Waals surface area contributed by atoms with E-state index in [9.17, 15) is 0 Å². The van der Waals surface area contributed by atoms with Crippen LogP contribution < -0.4 is 15.5 Å². The van der Waals surface area contributed by atoms with E-state index in [0.29, 0.717) is 29.9 Å². The van der Waals surface area contributed by atoms with Gasteiger partial charge in [0.05, 0.1) is 12.7 Å². The molecule has 0 bridgehead atoms. The maximum Gasteiger partial charge on any atom is 0.182 e. The molecule has 11 aromatic rings. The number of fused-ring (bicyclic) bond motifs is 1. The van der Waals surface area contributed by atoms with E-state index in [0.717, 1.165) is 69.2 Å². The van der Waals surface area contributed by atoms with Crippen molar-refractivity contribution in [2.45, 2.75) is 30.1 Å². The Morgan fingerprint density at radius 3 is 1.70 bits per heavy atom. The first-order chi connectivity index (χ1) is 36.5. The normalized spacial score (nSPS) is 14.0. The van der Waals surface area contributed by atoms with Crippen molar-refractivity contribution >= 4 is 34.3 Å². The number of nitrogens with one attached hydrogen (secondary N) is 2. The number of hydrogen-bond donors (Lipinski definition) is 2. The van der Waals surface area contributed by atoms with E-state index in [1.807, 2.05) is 27.7 Å². The topological polar surface area (TPSA) is 88.7 Å². The van der Waals surface area contributed by atoms with Crippen molar-refractivity contribution in [1.29, 1.82) is 0 Å². The fourth-order valence-electron chi connectivity index (χ4n) is 11.0. The first-order valence-electron chi connectivity index (χ1n) is 25.3. The summed E-state index contributed by atoms with van der Waals surface area (Å²) >= 11 is 6.40. The summed E-state index contributed by atoms with van der Waals surface area (Å²) in [6.07, 6.45) is 4.66. The maximum atomic E-state index is 6.40. The molecular formula is C64H54ClN9. The molecule has 0 radical (unpaired) electrons. The van der Waals surface area contributed by atoms with Crippen LogP contribution in [0.1, 0.15) is 61.7 Å². The molecule has 0 aliphatic carbocycles. The lowest BCUT2D eigenvalue weighted by Crippen LogP contribution is -2.45. The Morgan fingerprint density at radius 2 is 1.14 bits per heavy atom. The van der Waals surface area contributed by atoms with Crippen LogP contribution >= 0.6 is 11.6 Å². The van der Waals surface area contributed by atoms with Gasteiger partial charge in [-0.2, -0.15) is 5.10 Å². The quantitative estimate of drug-likeness (QED) is 0.0989. The number of piperazine rings is 1. The van der Waals surface area contributed by atoms with Gasteiger partial charge in [-0.15, -0.1) is 5.10 Å². The van der Waals surface area contributed by atoms with Crippen LogP contribution in [0.4, 0.5) is 11.5 Å². The molecule has 1 saturated heterocycles. The van der Waals surface area contributed by atoms with E-state index >= 15 is 0 Å². The summed E-state index contributed by atoms with van der Waals surface area (Å²) < 4.78 is 4.07. The van der Waals surface area contributed by atoms with Gasteiger partial charge in [-0.05, 0) is 86.0 Å². The van der Waals surface area contributed by atoms with E-state index in [1.165, 1.54) is 16.8 Å². The van der Waals surface area contributed by atoms with Gasteiger partial charge in [-0.25, -0.2) is 9.67 Å². The summed E-state index contributed by atoms with van der Waals surface area (Å²) in [7, 11) is 0. The smallest absolute Gasteiger partial charge is 0.182 e. The number of anilines is 2. The lowest BCUT2D eigenvalue weighted by molar-refractivity contribution is 0.457. The Bertz CT molecular complexity index is 3430. The van der Waals surface area contributed by atoms with Gasteiger partial charge in [0.2, 0.25) is 0 Å². The zero-order chi connectivity index (χ0) is 49.7. The van der Waals surface area contributed by atoms with Crippen molar-refractivity contribution in [2.75, 3.05) is 29.9 Å². The average molecular weight is 985 g/mol. The number of aromatic nitrogens is 6. The van der Waals surface area contributed by atoms with Gasteiger partial charge in [-0.1, -0.05) is 223 Å². The molecule has 1 atom stereocenters. The van der Waals surface area contributed by atoms with Crippen molar-refractivity contribution < 1.29 is 0 Å². The molecule has 12 rings (SSSR count). The molecule has 74 heavy (non-hydrogen) atoms. The Labute approximate surface area is 436 Å². The van der Waals surface area contributed by atoms with Crippen LogP contribution in [-0.2, 0) is 24.0 Å². The van der Waals surface area contributed by atoms with Crippen molar-refractivity contribution in [3.05, 3.63) is 310 Å². The number of nitrogens with zero attached hydrogens (tertiary/aromatic N) is 7. The Kier molecular flexibility index (Phi) is 12.8. The summed E-state index contributed by atoms with van der Waals surface area (Å²) in [5.41, 5.74) is 11.4. The third-order valence-electron chi connectivity index (χ3n) is 14.4. The van der Waals surface area contributed by atoms with Crippen molar-refractivity contribution in [3.8, 4) is 0 Å². The molecule has 3 aromatic heterocycles. The second-order valence-electron chi connectivity index (χ2n) is 19.0. The van der Waals surface area contributed by atoms with E-state index in [1.54, 1.807) is 0 Å². The molecule has 362 valence electrons. The van der Waals surface area contributed by atoms with Crippen molar-refractivity contribution in [1.82, 2.24) is 35.1 Å². The van der Waals surface area contributed by atoms with Crippen LogP contribution in [0, 0.1) is 0 Å². The maximum absolute atomic E-state index is 6.40. The molecule has 10 heteroatoms. The fourth-order valence-corrected chi connectivity index (χ4v) is 11.2. The fraction of sp³-hybridized carbons (Fsp3) is 0.125. The van der Waals surface area contributed by atoms with Crippen molar-refractivity contribution in [2.24, 2.45) is 0 Å². The largest absolute Gasteiger partial charge is 0.368 e. The minimum Gasteiger partial charge on any atom is -0.368 e. The summed E-state index contributed by atoms with van der Waals surface area (Å²) in [5.74, 6) is 0.672. The molecule has 9 nitrogen and oxygen atoms in total. The van der Waals surface area contributed by atoms with Crippen LogP contribution in [-0.4, -0.2) is 49.4 Å². The lowest BCUT2D eigenvalue weighted by Gasteiger charge is -2.38. The highest BCUT2D eigenvalue weighted by Crippen LogP contribution is 2.44. The first-order valence-corrected chi connectivity index (χ1v) is 25.6. The minimum absolute atomic E-state index is 0.189. The van der Waals surface area contributed by atoms with Crippen LogP contribution in [0.2, 0.25) is 5.02 Å². The highest BCUT2D eigenvalue weighted by atomic mass is 35.5. The van der Waals surface area contributed by atoms with Gasteiger partial charge < -0.3 is 15.5 Å². The first kappa shape index (κ1) is 46.4. The van der Waals surface area contributed by atoms with Crippen LogP contribution in [0.25, 0.3) is 11.2 Å². The monoisotopic (exact) mass is 983 g/mol. The number of halogens is 1. The molecule has 0 amide bonds. The number of benzene rings is 8. The summed E-state index contributed by atoms with van der Waals surface area (Å²) in [6.45, 7) is 3.27. The summed E-state index contributed by atoms with van der Waals surface area (Å²) in [4.78, 5) is 8.12. The van der Waals surface area contributed by atoms with Crippen molar-refractivity contribution in [3.63, 3.8) is 0 Å². The Balaban J connectivity index is 0.980. The molecule has 0 spiro atoms. The standard InChI is InChI=1S/C64H54ClN9/c65-57-35-20-22-49(41-57)59-46-72(38-37-66-59)58-36-19-21-47(40-58)44-73-45-48(43-67-73)39-50-42-60(69-63(51-23-7-1-8-24-51,52-25-9-2-10-26-52)53-27-11-3-12-28-53)68-62-61(50)70-71-74(62)64(54-29-13-4-14-30-54,55-31-15-5-16-32-55)56-33-17-6-18-34-56/h1-36,40-43,45,59,66H,37-39,44,46H2,(H,68,69). The molecule has 4 heterocycles. The molecule has 1 aliphatic rings. The molecule has 1 fully saturated rings. The SMILES string of the molecule is Clc1cccc(C2CN(c3cccc(Cn4cc(Cc5cc(NC(c6ccccc6)(c6ccccc6)c6ccccc6)nc6c5nnn6C(c5ccccc5)(c5ccccc5)c5ccccc5)cn4)c3)CCN2)c1. The molecule has 1 unspecified atom stereocenters. The zero-order valence-corrected chi connectivity index (χ0v) is 41.5. The predicted molar refractivity (Wildman–Crippen MR) is 298 cm³/mol. The Morgan fingerprint density at radius 1 is 0.581 bits per heavy atom. The predicted octanol–water partition coefficient (Wildman–Crippen LogP) is 12.7. The van der Waals surface area contributed by atoms with Gasteiger partial charge in [0.1, 0.15) is 22.4 Å². The third kappa shape index (κ3) is 8.91. The molecule has 1 aliphatic heterocycles. The second kappa shape index (κ2) is 20.5. The lowest BCUT2D eigenvalue weighted by atomic mass is 9.77. The van der Waals surface area contributed by atoms with E-state index in [4.69, 9.17) is 32.0 Å². The molecule has 0 saturated carbocycles. The van der Waals surface area contributed by atoms with Gasteiger partial charge >= 0.3 is 0 Å². The zero-order valence-electron chi connectivity index (χ0n) is 40.8. The van der Waals surface area contributed by atoms with E-state index in [-0.39, 0.29) is 6.04 Å². The number of hydrogen-bond acceptors (Lipinski definition) is 7. The third-order valence-corrected chi connectivity index (χ3v) is 14.7. The highest BCUT2D eigenvalue weighted by molar-refractivity contribution is 6.30. The molecule has 2 N–H and O–H groups in total. The number of pyridine rings is 1. The van der Waals surface area contributed by atoms with Crippen LogP contribution in [0.15, 0.2) is 249 Å². The van der Waals surface area contributed by atoms with Gasteiger partial charge in [-0.3, -0.25) is 4.68 Å². The Hall–Kier alpha value is -8.63. The van der Waals surface area contributed by atoms with Gasteiger partial charge in [0, 0.05) is 49.0 Å². The van der Waals surface area contributed by atoms with E-state index in [2.05, 4.69) is 246 Å². The molecular weight excluding hydrogens is 930 g/mol.